The molecule has 0 bridgehead atoms. The molecule has 0 aliphatic rings. The highest BCUT2D eigenvalue weighted by Crippen LogP contribution is 2.13. The molecular formula is C15H21NO4. The molecule has 0 saturated heterocycles. The van der Waals surface area contributed by atoms with Crippen molar-refractivity contribution in [3.63, 3.8) is 0 Å². The second-order valence-electron chi connectivity index (χ2n) is 4.64. The highest BCUT2D eigenvalue weighted by Gasteiger charge is 2.15. The van der Waals surface area contributed by atoms with Crippen LogP contribution in [0, 0.1) is 6.92 Å². The van der Waals surface area contributed by atoms with Crippen LogP contribution < -0.4 is 5.73 Å². The average Bonchev–Trinajstić information content (AvgIpc) is 2.37. The lowest BCUT2D eigenvalue weighted by Crippen LogP contribution is -2.33. The Morgan fingerprint density at radius 1 is 1.25 bits per heavy atom. The summed E-state index contributed by atoms with van der Waals surface area (Å²) in [7, 11) is 1.31. The monoisotopic (exact) mass is 279 g/mol. The quantitative estimate of drug-likeness (QED) is 0.790. The molecule has 0 amide bonds. The van der Waals surface area contributed by atoms with E-state index in [0.29, 0.717) is 13.0 Å². The molecule has 0 fully saturated rings. The van der Waals surface area contributed by atoms with Crippen molar-refractivity contribution in [3.8, 4) is 0 Å². The maximum Gasteiger partial charge on any atom is 0.322 e. The molecule has 5 heteroatoms. The Balaban J connectivity index is 2.80. The molecule has 1 atom stereocenters. The largest absolute Gasteiger partial charge is 0.468 e. The van der Waals surface area contributed by atoms with E-state index in [-0.39, 0.29) is 12.4 Å². The summed E-state index contributed by atoms with van der Waals surface area (Å²) in [4.78, 5) is 22.8. The summed E-state index contributed by atoms with van der Waals surface area (Å²) in [6.45, 7) is 4.07. The van der Waals surface area contributed by atoms with E-state index in [1.165, 1.54) is 7.11 Å². The standard InChI is InChI=1S/C15H21NO4/c1-4-20-14(17)9-12-6-10(2)5-11(7-12)8-13(16)15(18)19-3/h5-7,13H,4,8-9,16H2,1-3H3. The van der Waals surface area contributed by atoms with Gasteiger partial charge in [0.2, 0.25) is 0 Å². The van der Waals surface area contributed by atoms with Crippen molar-refractivity contribution >= 4 is 11.9 Å². The first kappa shape index (κ1) is 16.2. The topological polar surface area (TPSA) is 78.6 Å². The van der Waals surface area contributed by atoms with Gasteiger partial charge in [0.15, 0.2) is 0 Å². The smallest absolute Gasteiger partial charge is 0.322 e. The van der Waals surface area contributed by atoms with E-state index in [0.717, 1.165) is 16.7 Å². The van der Waals surface area contributed by atoms with Gasteiger partial charge in [-0.2, -0.15) is 0 Å². The molecule has 20 heavy (non-hydrogen) atoms. The Kier molecular flexibility index (Phi) is 6.18. The van der Waals surface area contributed by atoms with E-state index in [4.69, 9.17) is 10.5 Å². The van der Waals surface area contributed by atoms with Gasteiger partial charge in [-0.15, -0.1) is 0 Å². The van der Waals surface area contributed by atoms with Crippen LogP contribution in [-0.2, 0) is 31.9 Å². The third kappa shape index (κ3) is 5.01. The Morgan fingerprint density at radius 2 is 1.90 bits per heavy atom. The lowest BCUT2D eigenvalue weighted by molar-refractivity contribution is -0.143. The van der Waals surface area contributed by atoms with Crippen LogP contribution in [-0.4, -0.2) is 31.7 Å². The first-order chi connectivity index (χ1) is 9.46. The second kappa shape index (κ2) is 7.65. The summed E-state index contributed by atoms with van der Waals surface area (Å²) in [5.41, 5.74) is 8.52. The van der Waals surface area contributed by atoms with E-state index in [1.807, 2.05) is 25.1 Å². The summed E-state index contributed by atoms with van der Waals surface area (Å²) >= 11 is 0. The number of hydrogen-bond donors (Lipinski definition) is 1. The van der Waals surface area contributed by atoms with Crippen molar-refractivity contribution in [1.82, 2.24) is 0 Å². The SMILES string of the molecule is CCOC(=O)Cc1cc(C)cc(CC(N)C(=O)OC)c1. The number of hydrogen-bond acceptors (Lipinski definition) is 5. The van der Waals surface area contributed by atoms with E-state index in [2.05, 4.69) is 4.74 Å². The number of aryl methyl sites for hydroxylation is 1. The van der Waals surface area contributed by atoms with Gasteiger partial charge in [0.05, 0.1) is 20.1 Å². The number of carbonyl (C=O) groups is 2. The van der Waals surface area contributed by atoms with Gasteiger partial charge in [-0.25, -0.2) is 0 Å². The summed E-state index contributed by atoms with van der Waals surface area (Å²) < 4.78 is 9.53. The van der Waals surface area contributed by atoms with Gasteiger partial charge in [-0.3, -0.25) is 9.59 Å². The molecular weight excluding hydrogens is 258 g/mol. The summed E-state index contributed by atoms with van der Waals surface area (Å²) in [5.74, 6) is -0.709. The van der Waals surface area contributed by atoms with Crippen molar-refractivity contribution in [1.29, 1.82) is 0 Å². The van der Waals surface area contributed by atoms with Crippen molar-refractivity contribution < 1.29 is 19.1 Å². The maximum atomic E-state index is 11.5. The zero-order chi connectivity index (χ0) is 15.1. The lowest BCUT2D eigenvalue weighted by Gasteiger charge is -2.11. The lowest BCUT2D eigenvalue weighted by atomic mass is 9.99. The normalized spacial score (nSPS) is 11.8. The first-order valence-electron chi connectivity index (χ1n) is 6.54. The highest BCUT2D eigenvalue weighted by molar-refractivity contribution is 5.76. The van der Waals surface area contributed by atoms with Gasteiger partial charge in [0.1, 0.15) is 6.04 Å². The minimum Gasteiger partial charge on any atom is -0.468 e. The number of esters is 2. The Hall–Kier alpha value is -1.88. The molecule has 5 nitrogen and oxygen atoms in total. The summed E-state index contributed by atoms with van der Waals surface area (Å²) in [5, 5.41) is 0. The third-order valence-corrected chi connectivity index (χ3v) is 2.81. The molecule has 1 rings (SSSR count). The molecule has 0 spiro atoms. The predicted molar refractivity (Wildman–Crippen MR) is 75.2 cm³/mol. The molecule has 1 unspecified atom stereocenters. The van der Waals surface area contributed by atoms with Crippen LogP contribution in [0.25, 0.3) is 0 Å². The number of carbonyl (C=O) groups excluding carboxylic acids is 2. The van der Waals surface area contributed by atoms with Gasteiger partial charge in [-0.1, -0.05) is 23.8 Å². The summed E-state index contributed by atoms with van der Waals surface area (Å²) in [6.07, 6.45) is 0.597. The third-order valence-electron chi connectivity index (χ3n) is 2.81. The molecule has 0 aromatic heterocycles. The van der Waals surface area contributed by atoms with E-state index >= 15 is 0 Å². The zero-order valence-electron chi connectivity index (χ0n) is 12.1. The maximum absolute atomic E-state index is 11.5. The fourth-order valence-corrected chi connectivity index (χ4v) is 2.04. The van der Waals surface area contributed by atoms with Gasteiger partial charge in [0.25, 0.3) is 0 Å². The van der Waals surface area contributed by atoms with Gasteiger partial charge in [0, 0.05) is 0 Å². The number of nitrogens with two attached hydrogens (primary N) is 1. The number of rotatable bonds is 6. The zero-order valence-corrected chi connectivity index (χ0v) is 12.1. The van der Waals surface area contributed by atoms with Crippen LogP contribution in [0.15, 0.2) is 18.2 Å². The molecule has 1 aromatic rings. The Labute approximate surface area is 119 Å². The van der Waals surface area contributed by atoms with Crippen LogP contribution in [0.2, 0.25) is 0 Å². The van der Waals surface area contributed by atoms with Crippen molar-refractivity contribution in [2.45, 2.75) is 32.7 Å². The van der Waals surface area contributed by atoms with Gasteiger partial charge in [-0.05, 0) is 31.4 Å². The molecule has 1 aromatic carbocycles. The van der Waals surface area contributed by atoms with Crippen LogP contribution >= 0.6 is 0 Å². The van der Waals surface area contributed by atoms with E-state index < -0.39 is 12.0 Å². The molecule has 0 heterocycles. The van der Waals surface area contributed by atoms with Crippen molar-refractivity contribution in [2.24, 2.45) is 5.73 Å². The number of methoxy groups -OCH3 is 1. The first-order valence-corrected chi connectivity index (χ1v) is 6.54. The fraction of sp³-hybridized carbons (Fsp3) is 0.467. The predicted octanol–water partition coefficient (Wildman–Crippen LogP) is 1.14. The minimum absolute atomic E-state index is 0.218. The molecule has 0 radical (unpaired) electrons. The number of ether oxygens (including phenoxy) is 2. The molecule has 0 aliphatic heterocycles. The second-order valence-corrected chi connectivity index (χ2v) is 4.64. The van der Waals surface area contributed by atoms with E-state index in [1.54, 1.807) is 6.92 Å². The minimum atomic E-state index is -0.697. The van der Waals surface area contributed by atoms with Crippen LogP contribution in [0.3, 0.4) is 0 Å². The number of benzene rings is 1. The average molecular weight is 279 g/mol. The van der Waals surface area contributed by atoms with E-state index in [9.17, 15) is 9.59 Å². The fourth-order valence-electron chi connectivity index (χ4n) is 2.04. The molecule has 2 N–H and O–H groups in total. The molecule has 110 valence electrons. The van der Waals surface area contributed by atoms with Gasteiger partial charge < -0.3 is 15.2 Å². The Bertz CT molecular complexity index is 485. The molecule has 0 saturated carbocycles. The van der Waals surface area contributed by atoms with Gasteiger partial charge >= 0.3 is 11.9 Å². The summed E-state index contributed by atoms with van der Waals surface area (Å²) in [6, 6.07) is 5.03. The van der Waals surface area contributed by atoms with Crippen molar-refractivity contribution in [3.05, 3.63) is 34.9 Å². The van der Waals surface area contributed by atoms with Crippen molar-refractivity contribution in [2.75, 3.05) is 13.7 Å². The Morgan fingerprint density at radius 3 is 2.50 bits per heavy atom. The highest BCUT2D eigenvalue weighted by atomic mass is 16.5. The molecule has 0 aliphatic carbocycles. The van der Waals surface area contributed by atoms with Crippen LogP contribution in [0.1, 0.15) is 23.6 Å². The van der Waals surface area contributed by atoms with Crippen LogP contribution in [0.5, 0.6) is 0 Å². The van der Waals surface area contributed by atoms with Crippen LogP contribution in [0.4, 0.5) is 0 Å².